The highest BCUT2D eigenvalue weighted by Gasteiger charge is 1.93. The molecule has 1 aromatic rings. The minimum atomic E-state index is -4.92. The van der Waals surface area contributed by atoms with E-state index in [0.717, 1.165) is 0 Å². The van der Waals surface area contributed by atoms with E-state index in [9.17, 15) is 0 Å². The van der Waals surface area contributed by atoms with Crippen LogP contribution in [0.25, 0.3) is 0 Å². The van der Waals surface area contributed by atoms with Gasteiger partial charge in [0.15, 0.2) is 6.26 Å². The summed E-state index contributed by atoms with van der Waals surface area (Å²) in [5.41, 5.74) is 0. The minimum absolute atomic E-state index is 1.50. The summed E-state index contributed by atoms with van der Waals surface area (Å²) in [6.45, 7) is 0. The molecule has 0 bridgehead atoms. The average molecular weight is 248 g/mol. The highest BCUT2D eigenvalue weighted by atomic mass is 32.3. The number of hydrogen-bond acceptors (Lipinski definition) is 5. The number of aromatic amines is 1. The summed E-state index contributed by atoms with van der Waals surface area (Å²) >= 11 is 0. The van der Waals surface area contributed by atoms with Gasteiger partial charge in [0, 0.05) is 4.57 Å². The van der Waals surface area contributed by atoms with Gasteiger partial charge < -0.3 is 8.97 Å². The van der Waals surface area contributed by atoms with Gasteiger partial charge in [0.2, 0.25) is 16.6 Å². The topological polar surface area (TPSA) is 162 Å². The molecule has 14 heavy (non-hydrogen) atoms. The quantitative estimate of drug-likeness (QED) is 0.290. The molecule has 0 fully saturated rings. The van der Waals surface area contributed by atoms with Crippen LogP contribution >= 0.6 is 8.25 Å². The third-order valence-electron chi connectivity index (χ3n) is 0.379. The van der Waals surface area contributed by atoms with Gasteiger partial charge >= 0.3 is 14.6 Å². The molecular formula is C3H7NO8PS+. The third-order valence-corrected chi connectivity index (χ3v) is 0.379. The maximum atomic E-state index is 8.70. The third kappa shape index (κ3) is 67.4. The monoisotopic (exact) mass is 248 g/mol. The number of H-pyrrole nitrogens is 1. The molecule has 0 aliphatic carbocycles. The van der Waals surface area contributed by atoms with Gasteiger partial charge in [0.1, 0.15) is 0 Å². The highest BCUT2D eigenvalue weighted by Crippen LogP contribution is 1.98. The van der Waals surface area contributed by atoms with Gasteiger partial charge in [-0.15, -0.1) is 9.79 Å². The van der Waals surface area contributed by atoms with Crippen LogP contribution in [-0.4, -0.2) is 27.3 Å². The van der Waals surface area contributed by atoms with Crippen molar-refractivity contribution in [2.24, 2.45) is 0 Å². The maximum Gasteiger partial charge on any atom is 0.692 e. The highest BCUT2D eigenvalue weighted by molar-refractivity contribution is 7.79. The smallest absolute Gasteiger partial charge is 0.692 e. The fraction of sp³-hybridized carbons (Fsp3) is 0. The van der Waals surface area contributed by atoms with E-state index in [1.54, 1.807) is 12.5 Å². The van der Waals surface area contributed by atoms with E-state index < -0.39 is 18.7 Å². The molecule has 0 spiro atoms. The van der Waals surface area contributed by atoms with Gasteiger partial charge in [0.25, 0.3) is 0 Å². The first-order valence-electron chi connectivity index (χ1n) is 2.65. The Kier molecular flexibility index (Phi) is 9.66. The van der Waals surface area contributed by atoms with Crippen LogP contribution in [0.3, 0.4) is 0 Å². The summed E-state index contributed by atoms with van der Waals surface area (Å²) in [7, 11) is -7.79. The van der Waals surface area contributed by atoms with Crippen molar-refractivity contribution >= 4 is 18.7 Å². The molecule has 4 N–H and O–H groups in total. The van der Waals surface area contributed by atoms with Crippen molar-refractivity contribution in [1.29, 1.82) is 0 Å². The van der Waals surface area contributed by atoms with Crippen LogP contribution in [0, 0.1) is 0 Å². The molecule has 0 aromatic carbocycles. The zero-order valence-corrected chi connectivity index (χ0v) is 8.18. The molecule has 1 heterocycles. The van der Waals surface area contributed by atoms with E-state index in [0.29, 0.717) is 0 Å². The van der Waals surface area contributed by atoms with Gasteiger partial charge in [-0.05, 0) is 0 Å². The first kappa shape index (κ1) is 15.6. The Morgan fingerprint density at radius 3 is 1.86 bits per heavy atom. The zero-order chi connectivity index (χ0) is 11.6. The molecule has 0 unspecified atom stereocenters. The van der Waals surface area contributed by atoms with E-state index in [1.165, 1.54) is 6.39 Å². The second kappa shape index (κ2) is 8.69. The molecule has 0 aliphatic heterocycles. The van der Waals surface area contributed by atoms with Crippen LogP contribution < -0.4 is 4.98 Å². The molecule has 0 radical (unpaired) electrons. The molecule has 11 heteroatoms. The Morgan fingerprint density at radius 1 is 1.43 bits per heavy atom. The van der Waals surface area contributed by atoms with Crippen LogP contribution in [0.4, 0.5) is 0 Å². The summed E-state index contributed by atoms with van der Waals surface area (Å²) in [4.78, 5) is 16.9. The zero-order valence-electron chi connectivity index (χ0n) is 6.47. The van der Waals surface area contributed by atoms with Gasteiger partial charge in [-0.2, -0.15) is 4.98 Å². The summed E-state index contributed by atoms with van der Waals surface area (Å²) in [5, 5.41) is 0. The summed E-state index contributed by atoms with van der Waals surface area (Å²) in [6.07, 6.45) is 4.78. The molecule has 0 saturated carbocycles. The fourth-order valence-electron chi connectivity index (χ4n) is 0.196. The van der Waals surface area contributed by atoms with Crippen LogP contribution in [0.5, 0.6) is 0 Å². The van der Waals surface area contributed by atoms with Crippen molar-refractivity contribution in [3.63, 3.8) is 0 Å². The number of rotatable bonds is 0. The molecule has 1 rings (SSSR count). The molecule has 82 valence electrons. The lowest BCUT2D eigenvalue weighted by Gasteiger charge is -1.88. The predicted octanol–water partition coefficient (Wildman–Crippen LogP) is -1.27. The van der Waals surface area contributed by atoms with E-state index in [-0.39, 0.29) is 0 Å². The normalized spacial score (nSPS) is 8.86. The largest absolute Gasteiger partial charge is 0.726 e. The summed E-state index contributed by atoms with van der Waals surface area (Å²) < 4.78 is 46.1. The first-order valence-corrected chi connectivity index (χ1v) is 5.18. The van der Waals surface area contributed by atoms with Crippen molar-refractivity contribution in [2.45, 2.75) is 0 Å². The molecular weight excluding hydrogens is 241 g/mol. The molecule has 0 saturated heterocycles. The number of nitrogens with one attached hydrogen (secondary N) is 1. The van der Waals surface area contributed by atoms with Gasteiger partial charge in [0.05, 0.1) is 0 Å². The van der Waals surface area contributed by atoms with Crippen LogP contribution in [0.15, 0.2) is 23.3 Å². The van der Waals surface area contributed by atoms with Gasteiger partial charge in [-0.25, -0.2) is 8.42 Å². The van der Waals surface area contributed by atoms with Crippen LogP contribution in [0.2, 0.25) is 0 Å². The molecule has 1 aromatic heterocycles. The Morgan fingerprint density at radius 2 is 1.79 bits per heavy atom. The second-order valence-corrected chi connectivity index (χ2v) is 2.76. The standard InChI is InChI=1S/C3H3NO.H2O4S.HO3P/c1-2-5-3-4-1;1-5(2,3)4;1-4(2)3/h1-3H;(H2,1,2,3,4);(H-,1,2,3)/p+1. The maximum absolute atomic E-state index is 8.70. The van der Waals surface area contributed by atoms with E-state index in [2.05, 4.69) is 9.40 Å². The number of hydrogen-bond donors (Lipinski definition) is 3. The van der Waals surface area contributed by atoms with E-state index in [4.69, 9.17) is 31.9 Å². The summed E-state index contributed by atoms with van der Waals surface area (Å²) in [5.74, 6) is 0. The lowest BCUT2D eigenvalue weighted by molar-refractivity contribution is -0.383. The predicted molar refractivity (Wildman–Crippen MR) is 39.6 cm³/mol. The SMILES string of the molecule is O=S(=O)([O-])O.O=[P+](O)O.c1coc[nH+]1. The van der Waals surface area contributed by atoms with Crippen molar-refractivity contribution in [1.82, 2.24) is 0 Å². The molecule has 0 amide bonds. The Balaban J connectivity index is 0. The number of aromatic nitrogens is 1. The van der Waals surface area contributed by atoms with Crippen molar-refractivity contribution in [3.8, 4) is 0 Å². The van der Waals surface area contributed by atoms with Crippen molar-refractivity contribution in [2.75, 3.05) is 0 Å². The molecule has 9 nitrogen and oxygen atoms in total. The van der Waals surface area contributed by atoms with Gasteiger partial charge in [-0.1, -0.05) is 0 Å². The van der Waals surface area contributed by atoms with E-state index in [1.807, 2.05) is 0 Å². The second-order valence-electron chi connectivity index (χ2n) is 1.40. The fourth-order valence-corrected chi connectivity index (χ4v) is 0.196. The Labute approximate surface area is 79.6 Å². The lowest BCUT2D eigenvalue weighted by atomic mass is 11.0. The van der Waals surface area contributed by atoms with Crippen LogP contribution in [0.1, 0.15) is 0 Å². The molecule has 0 aliphatic rings. The average Bonchev–Trinajstić information content (AvgIpc) is 2.32. The van der Waals surface area contributed by atoms with Crippen LogP contribution in [-0.2, 0) is 15.0 Å². The molecule has 0 atom stereocenters. The van der Waals surface area contributed by atoms with Gasteiger partial charge in [-0.3, -0.25) is 4.55 Å². The number of oxazole rings is 1. The van der Waals surface area contributed by atoms with Crippen molar-refractivity contribution < 1.29 is 41.3 Å². The minimum Gasteiger partial charge on any atom is -0.726 e. The summed E-state index contributed by atoms with van der Waals surface area (Å²) in [6, 6.07) is 0. The lowest BCUT2D eigenvalue weighted by Crippen LogP contribution is -1.90. The van der Waals surface area contributed by atoms with Crippen molar-refractivity contribution in [3.05, 3.63) is 18.9 Å². The first-order chi connectivity index (χ1) is 6.23. The Hall–Kier alpha value is -0.900. The van der Waals surface area contributed by atoms with E-state index >= 15 is 0 Å². The Bertz CT molecular complexity index is 289.